The molecule has 2 saturated carbocycles. The van der Waals surface area contributed by atoms with Gasteiger partial charge in [-0.1, -0.05) is 30.3 Å². The van der Waals surface area contributed by atoms with Crippen molar-refractivity contribution in [3.8, 4) is 31.7 Å². The molecular formula is C88H69F8N17O11S3. The molecule has 16 aromatic rings. The number of aliphatic carboxylic acids is 1. The molecule has 0 amide bonds. The van der Waals surface area contributed by atoms with Gasteiger partial charge in [0.2, 0.25) is 0 Å². The summed E-state index contributed by atoms with van der Waals surface area (Å²) in [5, 5.41) is 49.0. The number of nitrogen functional groups attached to an aromatic ring is 2. The number of hydrogen-bond donors (Lipinski definition) is 6. The van der Waals surface area contributed by atoms with Gasteiger partial charge in [0, 0.05) is 101 Å². The maximum atomic E-state index is 15.2. The van der Waals surface area contributed by atoms with Crippen molar-refractivity contribution in [3.05, 3.63) is 326 Å². The van der Waals surface area contributed by atoms with Crippen LogP contribution in [0.2, 0.25) is 0 Å². The van der Waals surface area contributed by atoms with Crippen molar-refractivity contribution >= 4 is 151 Å². The molecule has 0 radical (unpaired) electrons. The molecule has 0 bridgehead atoms. The zero-order valence-corrected chi connectivity index (χ0v) is 69.1. The van der Waals surface area contributed by atoms with Crippen LogP contribution in [-0.4, -0.2) is 86.8 Å². The van der Waals surface area contributed by atoms with Crippen LogP contribution < -0.4 is 27.4 Å². The molecule has 9 aromatic heterocycles. The molecule has 2 aliphatic carbocycles. The lowest BCUT2D eigenvalue weighted by Gasteiger charge is -2.14. The smallest absolute Gasteiger partial charge is 0.317 e. The van der Waals surface area contributed by atoms with Crippen molar-refractivity contribution in [1.29, 1.82) is 0 Å². The molecule has 2 fully saturated rings. The molecule has 28 nitrogen and oxygen atoms in total. The van der Waals surface area contributed by atoms with E-state index in [0.717, 1.165) is 104 Å². The molecule has 8 N–H and O–H groups in total. The molecule has 0 spiro atoms. The molecule has 9 heterocycles. The number of nitrogens with one attached hydrogen (secondary N) is 3. The SMILES string of the molecule is Cn1cnc(-c2cc3nccc(Nc4ccc(CC(=O)C5(C(=O)Cc6ccc(F)cc6)CC5)cc4F)c3s2)c1.Cn1cnc(-c2cc3nccc(Nc4ccc(N)cc4F)c3s2)c1.Cn1cnc(-c2cc3nccc(Nc4ccc([N+](=O)[O-])cc4F)c3s2)c1.Nc1ccc([N+](=O)[O-])cc1F.O=C(O)C1(C(=O)Cc2ccc(F)cc2)CC1.O=[N+]([O-])c1ccc(F)c(F)c1. The van der Waals surface area contributed by atoms with E-state index in [1.165, 1.54) is 83.3 Å². The Morgan fingerprint density at radius 2 is 0.732 bits per heavy atom. The summed E-state index contributed by atoms with van der Waals surface area (Å²) in [6.45, 7) is 0. The Balaban J connectivity index is 0.000000138. The molecule has 7 aromatic carbocycles. The van der Waals surface area contributed by atoms with Gasteiger partial charge in [-0.2, -0.15) is 0 Å². The number of aromatic nitrogens is 9. The van der Waals surface area contributed by atoms with Gasteiger partial charge in [0.05, 0.1) is 160 Å². The highest BCUT2D eigenvalue weighted by molar-refractivity contribution is 7.23. The monoisotopic (exact) mass is 1790 g/mol. The van der Waals surface area contributed by atoms with Gasteiger partial charge in [-0.3, -0.25) is 64.5 Å². The van der Waals surface area contributed by atoms with Crippen molar-refractivity contribution in [2.45, 2.75) is 44.9 Å². The van der Waals surface area contributed by atoms with Crippen LogP contribution in [0.15, 0.2) is 232 Å². The fraction of sp³-hybridized carbons (Fsp3) is 0.136. The lowest BCUT2D eigenvalue weighted by atomic mass is 9.88. The van der Waals surface area contributed by atoms with Gasteiger partial charge < -0.3 is 46.2 Å². The lowest BCUT2D eigenvalue weighted by molar-refractivity contribution is -0.385. The first-order valence-corrected chi connectivity index (χ1v) is 40.4. The molecule has 0 unspecified atom stereocenters. The molecule has 39 heteroatoms. The number of halogens is 8. The number of non-ortho nitro benzene ring substituents is 3. The molecule has 0 saturated heterocycles. The average Bonchev–Trinajstić information content (AvgIpc) is 1.61. The number of nitrogens with zero attached hydrogens (tertiary/aromatic N) is 12. The number of imidazole rings is 3. The predicted molar refractivity (Wildman–Crippen MR) is 466 cm³/mol. The largest absolute Gasteiger partial charge is 0.480 e. The number of carboxylic acids is 1. The van der Waals surface area contributed by atoms with Crippen LogP contribution in [-0.2, 0) is 59.6 Å². The van der Waals surface area contributed by atoms with E-state index < -0.39 is 66.3 Å². The Hall–Kier alpha value is -15.4. The van der Waals surface area contributed by atoms with Crippen LogP contribution in [0, 0.1) is 87.7 Å². The van der Waals surface area contributed by atoms with Crippen LogP contribution >= 0.6 is 34.0 Å². The summed E-state index contributed by atoms with van der Waals surface area (Å²) in [7, 11) is 5.73. The third kappa shape index (κ3) is 21.8. The minimum Gasteiger partial charge on any atom is -0.480 e. The van der Waals surface area contributed by atoms with Crippen LogP contribution in [0.3, 0.4) is 0 Å². The Kier molecular flexibility index (Phi) is 27.2. The van der Waals surface area contributed by atoms with Gasteiger partial charge in [0.25, 0.3) is 17.1 Å². The number of ketones is 3. The summed E-state index contributed by atoms with van der Waals surface area (Å²) in [6, 6.07) is 40.5. The van der Waals surface area contributed by atoms with Crippen LogP contribution in [0.1, 0.15) is 42.4 Å². The van der Waals surface area contributed by atoms with Gasteiger partial charge in [-0.05, 0) is 152 Å². The summed E-state index contributed by atoms with van der Waals surface area (Å²) in [5.41, 5.74) is 17.6. The molecule has 0 atom stereocenters. The summed E-state index contributed by atoms with van der Waals surface area (Å²) >= 11 is 4.58. The highest BCUT2D eigenvalue weighted by Crippen LogP contribution is 2.50. The third-order valence-corrected chi connectivity index (χ3v) is 23.4. The first-order valence-electron chi connectivity index (χ1n) is 38.0. The molecule has 646 valence electrons. The van der Waals surface area contributed by atoms with Gasteiger partial charge in [0.1, 0.15) is 28.7 Å². The minimum absolute atomic E-state index is 0.0236. The second-order valence-corrected chi connectivity index (χ2v) is 32.2. The third-order valence-electron chi connectivity index (χ3n) is 19.8. The number of benzene rings is 7. The number of rotatable bonds is 22. The van der Waals surface area contributed by atoms with Crippen molar-refractivity contribution in [2.75, 3.05) is 27.4 Å². The van der Waals surface area contributed by atoms with Gasteiger partial charge in [-0.15, -0.1) is 34.0 Å². The lowest BCUT2D eigenvalue weighted by Crippen LogP contribution is -2.29. The quantitative estimate of drug-likeness (QED) is 0.0121. The number of hydrogen-bond acceptors (Lipinski definition) is 24. The fourth-order valence-electron chi connectivity index (χ4n) is 12.7. The standard InChI is InChI=1S/C30H24F2N4O2S.C17H12FN5O2S.C17H14FN5S.C12H11FO3.C6H3F2NO2.C6H5FN2O2/c1-36-16-25(34-17-36)26-15-24-29(39-26)23(8-11-33-24)35-22-7-4-19(12-21(22)32)14-28(38)30(9-10-30)27(37)13-18-2-5-20(31)6-3-18;1-22-8-15(20-9-22)16-7-14-17(26-16)13(4-5-19-14)21-12-3-2-10(23(24)25)6-11(12)18;1-23-8-15(21-9-23)16-7-14-17(24-16)13(4-5-20-14)22-12-3-2-10(19)6-11(12)18;13-9-3-1-8(2-4-9)7-10(14)12(5-6-12)11(15)16;7-5-2-1-4(9(10)11)3-6(5)8;7-5-3-4(9(10)11)1-2-6(5)8/h2-8,11-12,15-17H,9-10,13-14H2,1H3,(H,33,35);2-9H,1H3,(H,19,21);2-9H,19H2,1H3,(H,20,22);1-4H,5-7H2,(H,15,16);1-3H;1-3H,8H2. The maximum absolute atomic E-state index is 15.2. The van der Waals surface area contributed by atoms with E-state index in [0.29, 0.717) is 71.6 Å². The van der Waals surface area contributed by atoms with E-state index >= 15 is 4.39 Å². The highest BCUT2D eigenvalue weighted by atomic mass is 32.1. The van der Waals surface area contributed by atoms with E-state index in [9.17, 15) is 80.3 Å². The fourth-order valence-corrected chi connectivity index (χ4v) is 15.9. The zero-order valence-electron chi connectivity index (χ0n) is 66.7. The maximum Gasteiger partial charge on any atom is 0.317 e. The van der Waals surface area contributed by atoms with Crippen molar-refractivity contribution in [3.63, 3.8) is 0 Å². The Morgan fingerprint density at radius 3 is 1.08 bits per heavy atom. The van der Waals surface area contributed by atoms with Crippen molar-refractivity contribution < 1.29 is 74.2 Å². The number of carbonyl (C=O) groups excluding carboxylic acids is 3. The van der Waals surface area contributed by atoms with Gasteiger partial charge in [-0.25, -0.2) is 50.1 Å². The van der Waals surface area contributed by atoms with E-state index in [2.05, 4.69) is 45.9 Å². The molecule has 2 aliphatic rings. The van der Waals surface area contributed by atoms with Crippen molar-refractivity contribution in [1.82, 2.24) is 43.6 Å². The summed E-state index contributed by atoms with van der Waals surface area (Å²) < 4.78 is 114. The number of nitro benzene ring substituents is 3. The number of carbonyl (C=O) groups is 4. The van der Waals surface area contributed by atoms with Crippen LogP contribution in [0.25, 0.3) is 62.4 Å². The van der Waals surface area contributed by atoms with Gasteiger partial charge in [0.15, 0.2) is 40.6 Å². The second-order valence-electron chi connectivity index (χ2n) is 29.0. The average molecular weight is 1790 g/mol. The second kappa shape index (κ2) is 38.6. The van der Waals surface area contributed by atoms with Crippen molar-refractivity contribution in [2.24, 2.45) is 32.0 Å². The number of nitrogens with two attached hydrogens (primary N) is 2. The van der Waals surface area contributed by atoms with E-state index in [1.807, 2.05) is 77.7 Å². The predicted octanol–water partition coefficient (Wildman–Crippen LogP) is 20.1. The first-order chi connectivity index (χ1) is 60.7. The number of Topliss-reactive ketones (excluding diaryl/α,β-unsaturated/α-hetero) is 3. The zero-order chi connectivity index (χ0) is 90.7. The number of anilines is 8. The Bertz CT molecular complexity index is 6810. The number of thiophene rings is 3. The van der Waals surface area contributed by atoms with E-state index in [-0.39, 0.29) is 82.5 Å². The van der Waals surface area contributed by atoms with E-state index in [1.54, 1.807) is 97.4 Å². The molecule has 127 heavy (non-hydrogen) atoms. The number of carboxylic acid groups (broad SMARTS) is 1. The highest BCUT2D eigenvalue weighted by Gasteiger charge is 2.56. The summed E-state index contributed by atoms with van der Waals surface area (Å²) in [6.07, 6.45) is 18.0. The molecule has 0 aliphatic heterocycles. The number of aryl methyl sites for hydroxylation is 3. The topological polar surface area (TPSA) is 398 Å². The van der Waals surface area contributed by atoms with Crippen LogP contribution in [0.5, 0.6) is 0 Å². The molecule has 18 rings (SSSR count). The minimum atomic E-state index is -1.21. The Labute approximate surface area is 726 Å². The number of pyridine rings is 3. The Morgan fingerprint density at radius 1 is 0.394 bits per heavy atom. The normalized spacial score (nSPS) is 12.4. The van der Waals surface area contributed by atoms with Gasteiger partial charge >= 0.3 is 5.97 Å². The first kappa shape index (κ1) is 89.4. The van der Waals surface area contributed by atoms with E-state index in [4.69, 9.17) is 16.6 Å². The summed E-state index contributed by atoms with van der Waals surface area (Å²) in [4.78, 5) is 107. The molecular weight excluding hydrogens is 1720 g/mol. The number of fused-ring (bicyclic) bond motifs is 3. The number of nitro groups is 3. The van der Waals surface area contributed by atoms with Crippen LogP contribution in [0.4, 0.5) is 97.7 Å². The summed E-state index contributed by atoms with van der Waals surface area (Å²) in [5.74, 6) is -7.06.